The molecule has 8 nitrogen and oxygen atoms in total. The number of aromatic hydroxyl groups is 1. The van der Waals surface area contributed by atoms with Gasteiger partial charge in [-0.2, -0.15) is 13.2 Å². The molecule has 2 amide bonds. The molecule has 2 aliphatic heterocycles. The van der Waals surface area contributed by atoms with E-state index in [1.807, 2.05) is 0 Å². The van der Waals surface area contributed by atoms with Gasteiger partial charge in [-0.1, -0.05) is 6.07 Å². The summed E-state index contributed by atoms with van der Waals surface area (Å²) in [5.74, 6) is -5.32. The quantitative estimate of drug-likeness (QED) is 0.617. The molecule has 2 unspecified atom stereocenters. The van der Waals surface area contributed by atoms with Gasteiger partial charge in [-0.3, -0.25) is 14.4 Å². The first-order valence-corrected chi connectivity index (χ1v) is 11.2. The number of rotatable bonds is 3. The Labute approximate surface area is 199 Å². The van der Waals surface area contributed by atoms with E-state index in [-0.39, 0.29) is 30.5 Å². The van der Waals surface area contributed by atoms with Crippen molar-refractivity contribution >= 4 is 11.8 Å². The minimum absolute atomic E-state index is 0.0236. The first-order valence-electron chi connectivity index (χ1n) is 11.2. The first kappa shape index (κ1) is 23.0. The van der Waals surface area contributed by atoms with Gasteiger partial charge in [0.2, 0.25) is 5.43 Å². The molecule has 190 valence electrons. The number of alkyl halides is 3. The minimum Gasteiger partial charge on any atom is -0.503 e. The Kier molecular flexibility index (Phi) is 4.79. The zero-order valence-corrected chi connectivity index (χ0v) is 18.3. The fourth-order valence-electron chi connectivity index (χ4n) is 5.81. The zero-order valence-electron chi connectivity index (χ0n) is 18.3. The predicted octanol–water partition coefficient (Wildman–Crippen LogP) is 2.45. The third-order valence-corrected chi connectivity index (χ3v) is 7.50. The molecule has 3 fully saturated rings. The Morgan fingerprint density at radius 2 is 1.92 bits per heavy atom. The first-order chi connectivity index (χ1) is 17.0. The molecular formula is C23H18F5N3O5. The van der Waals surface area contributed by atoms with Crippen LogP contribution in [0.4, 0.5) is 22.0 Å². The van der Waals surface area contributed by atoms with Gasteiger partial charge >= 0.3 is 6.18 Å². The Bertz CT molecular complexity index is 1380. The van der Waals surface area contributed by atoms with E-state index in [4.69, 9.17) is 4.74 Å². The number of fused-ring (bicyclic) bond motifs is 8. The van der Waals surface area contributed by atoms with Gasteiger partial charge in [0.05, 0.1) is 12.6 Å². The van der Waals surface area contributed by atoms with Gasteiger partial charge in [0.25, 0.3) is 11.8 Å². The number of carbonyl (C=O) groups excluding carboxylic acids is 2. The topological polar surface area (TPSA) is 101 Å². The lowest BCUT2D eigenvalue weighted by Gasteiger charge is -2.45. The van der Waals surface area contributed by atoms with Crippen molar-refractivity contribution in [3.63, 3.8) is 0 Å². The summed E-state index contributed by atoms with van der Waals surface area (Å²) < 4.78 is 75.5. The highest BCUT2D eigenvalue weighted by molar-refractivity contribution is 5.99. The van der Waals surface area contributed by atoms with Crippen LogP contribution in [0.1, 0.15) is 45.3 Å². The maximum Gasteiger partial charge on any atom is 0.412 e. The second kappa shape index (κ2) is 7.51. The molecule has 2 aromatic rings. The molecule has 2 saturated carbocycles. The lowest BCUT2D eigenvalue weighted by Crippen LogP contribution is -2.58. The number of aromatic nitrogens is 1. The average Bonchev–Trinajstić information content (AvgIpc) is 3.54. The van der Waals surface area contributed by atoms with Crippen molar-refractivity contribution in [1.29, 1.82) is 0 Å². The molecule has 1 aromatic carbocycles. The van der Waals surface area contributed by atoms with E-state index in [1.54, 1.807) is 5.32 Å². The molecule has 6 atom stereocenters. The van der Waals surface area contributed by atoms with Crippen LogP contribution in [0.15, 0.2) is 29.2 Å². The van der Waals surface area contributed by atoms with Crippen molar-refractivity contribution in [3.8, 4) is 5.75 Å². The maximum absolute atomic E-state index is 14.1. The van der Waals surface area contributed by atoms with E-state index >= 15 is 0 Å². The number of nitrogens with one attached hydrogen (secondary N) is 1. The van der Waals surface area contributed by atoms with E-state index in [9.17, 15) is 41.4 Å². The second-order valence-corrected chi connectivity index (χ2v) is 9.54. The molecule has 3 heterocycles. The van der Waals surface area contributed by atoms with Gasteiger partial charge in [0.1, 0.15) is 17.2 Å². The molecule has 2 aliphatic carbocycles. The lowest BCUT2D eigenvalue weighted by atomic mass is 10.0. The maximum atomic E-state index is 14.1. The summed E-state index contributed by atoms with van der Waals surface area (Å²) in [6.07, 6.45) is -3.47. The van der Waals surface area contributed by atoms with Crippen molar-refractivity contribution in [1.82, 2.24) is 14.8 Å². The number of hydrogen-bond acceptors (Lipinski definition) is 5. The third-order valence-electron chi connectivity index (χ3n) is 7.50. The normalized spacial score (nSPS) is 28.8. The Morgan fingerprint density at radius 3 is 2.61 bits per heavy atom. The number of ether oxygens (including phenoxy) is 1. The standard InChI is InChI=1S/C23H18F5N3O5/c24-8-1-2-9(13(25)3-8)20(23(26,27)28)29-21(34)12-6-30-7-16-31(22(35)17(30)19(33)18(12)32)14-5-15(36-16)11-4-10(11)14/h1-3,6,10-11,14-16,20,33H,4-5,7H2,(H,29,34)/t10?,11-,14-,15?,16+,20-/m0/s1. The SMILES string of the molecule is O=C(N[C@@H](c1ccc(F)cc1F)C(F)(F)F)c1cn2c(c(O)c1=O)C(=O)N1[C@@H](C2)OC2C[C@H]1C1C[C@H]21. The number of carbonyl (C=O) groups is 2. The number of amides is 2. The highest BCUT2D eigenvalue weighted by atomic mass is 19.4. The third kappa shape index (κ3) is 3.32. The Balaban J connectivity index is 1.35. The van der Waals surface area contributed by atoms with E-state index in [0.717, 1.165) is 17.2 Å². The largest absolute Gasteiger partial charge is 0.503 e. The van der Waals surface area contributed by atoms with Crippen molar-refractivity contribution in [2.24, 2.45) is 11.8 Å². The zero-order chi connectivity index (χ0) is 25.7. The summed E-state index contributed by atoms with van der Waals surface area (Å²) in [7, 11) is 0. The van der Waals surface area contributed by atoms with Crippen LogP contribution < -0.4 is 10.7 Å². The van der Waals surface area contributed by atoms with Gasteiger partial charge in [0, 0.05) is 23.9 Å². The van der Waals surface area contributed by atoms with Crippen LogP contribution in [0.2, 0.25) is 0 Å². The van der Waals surface area contributed by atoms with E-state index in [0.29, 0.717) is 30.4 Å². The molecule has 4 aliphatic rings. The molecule has 2 bridgehead atoms. The van der Waals surface area contributed by atoms with E-state index in [2.05, 4.69) is 0 Å². The summed E-state index contributed by atoms with van der Waals surface area (Å²) in [6.45, 7) is -0.0447. The van der Waals surface area contributed by atoms with Gasteiger partial charge in [-0.25, -0.2) is 8.78 Å². The van der Waals surface area contributed by atoms with Crippen LogP contribution >= 0.6 is 0 Å². The lowest BCUT2D eigenvalue weighted by molar-refractivity contribution is -0.155. The summed E-state index contributed by atoms with van der Waals surface area (Å²) in [5, 5.41) is 12.1. The number of hydrogen-bond donors (Lipinski definition) is 2. The molecule has 1 saturated heterocycles. The molecular weight excluding hydrogens is 493 g/mol. The fourth-order valence-corrected chi connectivity index (χ4v) is 5.81. The summed E-state index contributed by atoms with van der Waals surface area (Å²) in [5.41, 5.74) is -3.67. The second-order valence-electron chi connectivity index (χ2n) is 9.54. The molecule has 0 spiro atoms. The molecule has 36 heavy (non-hydrogen) atoms. The van der Waals surface area contributed by atoms with E-state index < -0.39 is 64.2 Å². The minimum atomic E-state index is -5.20. The van der Waals surface area contributed by atoms with E-state index in [1.165, 1.54) is 4.90 Å². The Hall–Kier alpha value is -3.48. The molecule has 13 heteroatoms. The number of benzene rings is 1. The molecule has 1 aromatic heterocycles. The van der Waals surface area contributed by atoms with Crippen molar-refractivity contribution in [3.05, 3.63) is 63.1 Å². The van der Waals surface area contributed by atoms with Gasteiger partial charge in [-0.15, -0.1) is 0 Å². The van der Waals surface area contributed by atoms with Crippen LogP contribution in [0.25, 0.3) is 0 Å². The molecule has 2 N–H and O–H groups in total. The van der Waals surface area contributed by atoms with Gasteiger partial charge < -0.3 is 24.6 Å². The highest BCUT2D eigenvalue weighted by Gasteiger charge is 2.63. The summed E-state index contributed by atoms with van der Waals surface area (Å²) >= 11 is 0. The van der Waals surface area contributed by atoms with Crippen LogP contribution in [0.3, 0.4) is 0 Å². The van der Waals surface area contributed by atoms with Crippen LogP contribution in [0.5, 0.6) is 5.75 Å². The summed E-state index contributed by atoms with van der Waals surface area (Å²) in [6, 6.07) is -1.63. The smallest absolute Gasteiger partial charge is 0.412 e. The van der Waals surface area contributed by atoms with Gasteiger partial charge in [-0.05, 0) is 30.7 Å². The molecule has 6 rings (SSSR count). The fraction of sp³-hybridized carbons (Fsp3) is 0.435. The van der Waals surface area contributed by atoms with Crippen LogP contribution in [0, 0.1) is 23.5 Å². The monoisotopic (exact) mass is 511 g/mol. The average molecular weight is 511 g/mol. The van der Waals surface area contributed by atoms with Crippen molar-refractivity contribution < 1.29 is 41.4 Å². The van der Waals surface area contributed by atoms with Gasteiger partial charge in [0.15, 0.2) is 23.7 Å². The van der Waals surface area contributed by atoms with Crippen LogP contribution in [-0.4, -0.2) is 50.9 Å². The molecule has 0 radical (unpaired) electrons. The van der Waals surface area contributed by atoms with Crippen molar-refractivity contribution in [2.75, 3.05) is 0 Å². The predicted molar refractivity (Wildman–Crippen MR) is 110 cm³/mol. The number of pyridine rings is 1. The highest BCUT2D eigenvalue weighted by Crippen LogP contribution is 2.58. The number of halogens is 5. The Morgan fingerprint density at radius 1 is 1.17 bits per heavy atom. The summed E-state index contributed by atoms with van der Waals surface area (Å²) in [4.78, 5) is 40.3. The van der Waals surface area contributed by atoms with Crippen molar-refractivity contribution in [2.45, 2.75) is 50.0 Å². The van der Waals surface area contributed by atoms with Crippen LogP contribution in [-0.2, 0) is 11.3 Å². The number of nitrogens with zero attached hydrogens (tertiary/aromatic N) is 2.